The molecule has 0 spiro atoms. The van der Waals surface area contributed by atoms with Crippen LogP contribution in [0.4, 0.5) is 15.9 Å². The third-order valence-corrected chi connectivity index (χ3v) is 5.94. The molecule has 0 radical (unpaired) electrons. The SMILES string of the molecule is Cc1cc(NC(=O)C(C)OC(=O)c2ccc(NS(=O)(=O)c3cccc(F)c3C)cc2)no1. The summed E-state index contributed by atoms with van der Waals surface area (Å²) in [4.78, 5) is 24.2. The normalized spacial score (nSPS) is 12.1. The molecule has 1 heterocycles. The van der Waals surface area contributed by atoms with Crippen LogP contribution in [0, 0.1) is 19.7 Å². The molecule has 11 heteroatoms. The summed E-state index contributed by atoms with van der Waals surface area (Å²) in [6.07, 6.45) is -1.12. The number of aromatic nitrogens is 1. The zero-order chi connectivity index (χ0) is 23.5. The van der Waals surface area contributed by atoms with Crippen LogP contribution in [0.1, 0.15) is 28.6 Å². The number of aryl methyl sites for hydroxylation is 1. The lowest BCUT2D eigenvalue weighted by molar-refractivity contribution is -0.123. The van der Waals surface area contributed by atoms with Crippen LogP contribution in [0.5, 0.6) is 0 Å². The number of hydrogen-bond acceptors (Lipinski definition) is 7. The fourth-order valence-corrected chi connectivity index (χ4v) is 4.01. The second-order valence-corrected chi connectivity index (χ2v) is 8.56. The number of nitrogens with zero attached hydrogens (tertiary/aromatic N) is 1. The number of sulfonamides is 1. The molecule has 1 atom stereocenters. The van der Waals surface area contributed by atoms with Crippen molar-refractivity contribution in [3.63, 3.8) is 0 Å². The van der Waals surface area contributed by atoms with Gasteiger partial charge in [-0.25, -0.2) is 17.6 Å². The van der Waals surface area contributed by atoms with E-state index < -0.39 is 33.8 Å². The summed E-state index contributed by atoms with van der Waals surface area (Å²) in [6.45, 7) is 4.42. The predicted molar refractivity (Wildman–Crippen MR) is 113 cm³/mol. The van der Waals surface area contributed by atoms with Crippen molar-refractivity contribution in [3.05, 3.63) is 71.2 Å². The largest absolute Gasteiger partial charge is 0.449 e. The predicted octanol–water partition coefficient (Wildman–Crippen LogP) is 3.42. The van der Waals surface area contributed by atoms with Gasteiger partial charge in [-0.05, 0) is 57.2 Å². The number of amides is 1. The summed E-state index contributed by atoms with van der Waals surface area (Å²) in [7, 11) is -4.03. The third-order valence-electron chi connectivity index (χ3n) is 4.41. The zero-order valence-corrected chi connectivity index (χ0v) is 18.2. The Bertz CT molecular complexity index is 1250. The first-order valence-corrected chi connectivity index (χ1v) is 10.9. The van der Waals surface area contributed by atoms with Gasteiger partial charge in [0.1, 0.15) is 11.6 Å². The first kappa shape index (κ1) is 22.9. The second-order valence-electron chi connectivity index (χ2n) is 6.91. The molecule has 0 saturated heterocycles. The molecule has 168 valence electrons. The molecule has 0 bridgehead atoms. The highest BCUT2D eigenvalue weighted by atomic mass is 32.2. The molecule has 3 rings (SSSR count). The van der Waals surface area contributed by atoms with Crippen molar-refractivity contribution in [1.29, 1.82) is 0 Å². The van der Waals surface area contributed by atoms with E-state index in [0.717, 1.165) is 0 Å². The number of anilines is 2. The van der Waals surface area contributed by atoms with Crippen molar-refractivity contribution >= 4 is 33.4 Å². The average Bonchev–Trinajstić information content (AvgIpc) is 3.14. The summed E-state index contributed by atoms with van der Waals surface area (Å²) in [5.41, 5.74) is 0.262. The molecule has 0 aliphatic carbocycles. The van der Waals surface area contributed by atoms with E-state index in [4.69, 9.17) is 9.26 Å². The number of nitrogens with one attached hydrogen (secondary N) is 2. The molecule has 0 saturated carbocycles. The van der Waals surface area contributed by atoms with Crippen molar-refractivity contribution in [2.24, 2.45) is 0 Å². The topological polar surface area (TPSA) is 128 Å². The van der Waals surface area contributed by atoms with Gasteiger partial charge >= 0.3 is 5.97 Å². The highest BCUT2D eigenvalue weighted by Crippen LogP contribution is 2.21. The van der Waals surface area contributed by atoms with Crippen LogP contribution in [0.25, 0.3) is 0 Å². The molecule has 0 fully saturated rings. The Balaban J connectivity index is 1.64. The Kier molecular flexibility index (Phi) is 6.58. The lowest BCUT2D eigenvalue weighted by Crippen LogP contribution is -2.30. The maximum absolute atomic E-state index is 13.7. The summed E-state index contributed by atoms with van der Waals surface area (Å²) in [5, 5.41) is 6.08. The van der Waals surface area contributed by atoms with E-state index in [0.29, 0.717) is 5.76 Å². The lowest BCUT2D eigenvalue weighted by Gasteiger charge is -2.13. The Hall–Kier alpha value is -3.73. The number of rotatable bonds is 7. The number of halogens is 1. The zero-order valence-electron chi connectivity index (χ0n) is 17.4. The van der Waals surface area contributed by atoms with E-state index in [1.165, 1.54) is 62.4 Å². The smallest absolute Gasteiger partial charge is 0.338 e. The van der Waals surface area contributed by atoms with E-state index in [-0.39, 0.29) is 27.5 Å². The molecule has 3 aromatic rings. The number of ether oxygens (including phenoxy) is 1. The number of hydrogen-bond donors (Lipinski definition) is 2. The Morgan fingerprint density at radius 2 is 1.81 bits per heavy atom. The second kappa shape index (κ2) is 9.18. The van der Waals surface area contributed by atoms with Crippen LogP contribution < -0.4 is 10.0 Å². The highest BCUT2D eigenvalue weighted by molar-refractivity contribution is 7.92. The van der Waals surface area contributed by atoms with Crippen molar-refractivity contribution in [2.75, 3.05) is 10.0 Å². The fraction of sp³-hybridized carbons (Fsp3) is 0.190. The van der Waals surface area contributed by atoms with Gasteiger partial charge in [-0.1, -0.05) is 11.2 Å². The van der Waals surface area contributed by atoms with Gasteiger partial charge in [0.05, 0.1) is 10.5 Å². The van der Waals surface area contributed by atoms with Gasteiger partial charge in [-0.15, -0.1) is 0 Å². The molecule has 1 unspecified atom stereocenters. The molecule has 1 aromatic heterocycles. The molecular formula is C21H20FN3O6S. The van der Waals surface area contributed by atoms with Gasteiger partial charge in [0, 0.05) is 17.3 Å². The molecule has 32 heavy (non-hydrogen) atoms. The maximum Gasteiger partial charge on any atom is 0.338 e. The van der Waals surface area contributed by atoms with E-state index in [1.807, 2.05) is 0 Å². The van der Waals surface area contributed by atoms with Gasteiger partial charge in [0.25, 0.3) is 15.9 Å². The number of esters is 1. The van der Waals surface area contributed by atoms with E-state index in [1.54, 1.807) is 6.92 Å². The van der Waals surface area contributed by atoms with Crippen LogP contribution in [0.2, 0.25) is 0 Å². The van der Waals surface area contributed by atoms with Gasteiger partial charge in [-0.3, -0.25) is 9.52 Å². The molecule has 0 aliphatic heterocycles. The minimum atomic E-state index is -4.03. The fourth-order valence-electron chi connectivity index (χ4n) is 2.70. The standard InChI is InChI=1S/C21H20FN3O6S/c1-12-11-19(24-31-12)23-20(26)14(3)30-21(27)15-7-9-16(10-8-15)25-32(28,29)18-6-4-5-17(22)13(18)2/h4-11,14,25H,1-3H3,(H,23,24,26). The summed E-state index contributed by atoms with van der Waals surface area (Å²) >= 11 is 0. The number of carbonyl (C=O) groups excluding carboxylic acids is 2. The lowest BCUT2D eigenvalue weighted by atomic mass is 10.2. The van der Waals surface area contributed by atoms with Crippen LogP contribution in [-0.4, -0.2) is 31.6 Å². The van der Waals surface area contributed by atoms with Gasteiger partial charge in [0.2, 0.25) is 0 Å². The van der Waals surface area contributed by atoms with Gasteiger partial charge < -0.3 is 14.6 Å². The monoisotopic (exact) mass is 461 g/mol. The molecular weight excluding hydrogens is 441 g/mol. The van der Waals surface area contributed by atoms with Gasteiger partial charge in [-0.2, -0.15) is 0 Å². The van der Waals surface area contributed by atoms with Gasteiger partial charge in [0.15, 0.2) is 11.9 Å². The first-order chi connectivity index (χ1) is 15.1. The Morgan fingerprint density at radius 3 is 2.44 bits per heavy atom. The van der Waals surface area contributed by atoms with Crippen molar-refractivity contribution < 1.29 is 31.7 Å². The third kappa shape index (κ3) is 5.30. The van der Waals surface area contributed by atoms with E-state index in [9.17, 15) is 22.4 Å². The van der Waals surface area contributed by atoms with Crippen LogP contribution in [0.15, 0.2) is 57.9 Å². The highest BCUT2D eigenvalue weighted by Gasteiger charge is 2.21. The van der Waals surface area contributed by atoms with E-state index in [2.05, 4.69) is 15.2 Å². The van der Waals surface area contributed by atoms with Crippen molar-refractivity contribution in [1.82, 2.24) is 5.16 Å². The number of carbonyl (C=O) groups is 2. The molecule has 1 amide bonds. The van der Waals surface area contributed by atoms with Crippen LogP contribution >= 0.6 is 0 Å². The maximum atomic E-state index is 13.7. The number of benzene rings is 2. The minimum absolute atomic E-state index is 0.00626. The molecule has 0 aliphatic rings. The quantitative estimate of drug-likeness (QED) is 0.516. The van der Waals surface area contributed by atoms with Crippen LogP contribution in [0.3, 0.4) is 0 Å². The van der Waals surface area contributed by atoms with E-state index >= 15 is 0 Å². The van der Waals surface area contributed by atoms with Crippen molar-refractivity contribution in [2.45, 2.75) is 31.8 Å². The minimum Gasteiger partial charge on any atom is -0.449 e. The Morgan fingerprint density at radius 1 is 1.12 bits per heavy atom. The molecule has 9 nitrogen and oxygen atoms in total. The van der Waals surface area contributed by atoms with Crippen molar-refractivity contribution in [3.8, 4) is 0 Å². The average molecular weight is 461 g/mol. The summed E-state index contributed by atoms with van der Waals surface area (Å²) < 4.78 is 51.1. The first-order valence-electron chi connectivity index (χ1n) is 9.40. The molecule has 2 aromatic carbocycles. The molecule has 2 N–H and O–H groups in total. The summed E-state index contributed by atoms with van der Waals surface area (Å²) in [5.74, 6) is -1.31. The van der Waals surface area contributed by atoms with Crippen LogP contribution in [-0.2, 0) is 19.6 Å². The Labute approximate surface area is 183 Å². The summed E-state index contributed by atoms with van der Waals surface area (Å²) in [6, 6.07) is 10.7.